The van der Waals surface area contributed by atoms with Crippen LogP contribution in [0.3, 0.4) is 0 Å². The second kappa shape index (κ2) is 5.59. The number of nitrogens with two attached hydrogens (primary N) is 1. The highest BCUT2D eigenvalue weighted by molar-refractivity contribution is 7.80. The maximum atomic E-state index is 11.9. The standard InChI is InChI=1S/C11H20N2O2S/c1-8(2)15-7-6-13-10(14)11(9(12)16)4-3-5-11/h8H,3-7H2,1-2H3,(H2,12,16)(H,13,14). The summed E-state index contributed by atoms with van der Waals surface area (Å²) in [6, 6.07) is 0. The van der Waals surface area contributed by atoms with Gasteiger partial charge >= 0.3 is 0 Å². The van der Waals surface area contributed by atoms with E-state index in [1.807, 2.05) is 13.8 Å². The highest BCUT2D eigenvalue weighted by Gasteiger charge is 2.46. The lowest BCUT2D eigenvalue weighted by molar-refractivity contribution is -0.131. The van der Waals surface area contributed by atoms with Gasteiger partial charge in [0.1, 0.15) is 0 Å². The topological polar surface area (TPSA) is 64.3 Å². The Labute approximate surface area is 102 Å². The molecule has 3 N–H and O–H groups in total. The van der Waals surface area contributed by atoms with E-state index in [1.165, 1.54) is 0 Å². The first kappa shape index (κ1) is 13.4. The SMILES string of the molecule is CC(C)OCCNC(=O)C1(C(N)=S)CCC1. The van der Waals surface area contributed by atoms with Gasteiger partial charge in [-0.05, 0) is 26.7 Å². The molecule has 0 aromatic heterocycles. The Morgan fingerprint density at radius 2 is 2.19 bits per heavy atom. The monoisotopic (exact) mass is 244 g/mol. The molecule has 16 heavy (non-hydrogen) atoms. The molecule has 1 aliphatic carbocycles. The molecule has 0 aliphatic heterocycles. The van der Waals surface area contributed by atoms with Crippen LogP contribution in [-0.4, -0.2) is 30.2 Å². The summed E-state index contributed by atoms with van der Waals surface area (Å²) < 4.78 is 5.34. The number of nitrogens with one attached hydrogen (secondary N) is 1. The summed E-state index contributed by atoms with van der Waals surface area (Å²) >= 11 is 4.96. The van der Waals surface area contributed by atoms with E-state index < -0.39 is 5.41 Å². The van der Waals surface area contributed by atoms with Gasteiger partial charge in [0.25, 0.3) is 0 Å². The normalized spacial score (nSPS) is 17.9. The van der Waals surface area contributed by atoms with E-state index in [-0.39, 0.29) is 12.0 Å². The molecule has 0 atom stereocenters. The predicted octanol–water partition coefficient (Wildman–Crippen LogP) is 0.984. The van der Waals surface area contributed by atoms with Gasteiger partial charge in [0, 0.05) is 6.54 Å². The summed E-state index contributed by atoms with van der Waals surface area (Å²) in [4.78, 5) is 12.2. The highest BCUT2D eigenvalue weighted by atomic mass is 32.1. The van der Waals surface area contributed by atoms with Crippen LogP contribution in [0.25, 0.3) is 0 Å². The van der Waals surface area contributed by atoms with E-state index in [0.717, 1.165) is 19.3 Å². The lowest BCUT2D eigenvalue weighted by atomic mass is 9.68. The van der Waals surface area contributed by atoms with Crippen molar-refractivity contribution in [1.82, 2.24) is 5.32 Å². The molecule has 0 radical (unpaired) electrons. The third-order valence-corrected chi connectivity index (χ3v) is 3.34. The molecule has 1 fully saturated rings. The maximum Gasteiger partial charge on any atom is 0.233 e. The van der Waals surface area contributed by atoms with Gasteiger partial charge in [0.05, 0.1) is 23.1 Å². The van der Waals surface area contributed by atoms with Crippen molar-refractivity contribution in [3.8, 4) is 0 Å². The molecular weight excluding hydrogens is 224 g/mol. The number of rotatable bonds is 6. The van der Waals surface area contributed by atoms with Gasteiger partial charge in [-0.2, -0.15) is 0 Å². The van der Waals surface area contributed by atoms with E-state index in [0.29, 0.717) is 18.1 Å². The van der Waals surface area contributed by atoms with E-state index in [1.54, 1.807) is 0 Å². The second-order valence-corrected chi connectivity index (χ2v) is 4.92. The average Bonchev–Trinajstić information content (AvgIpc) is 2.09. The fourth-order valence-electron chi connectivity index (χ4n) is 1.74. The summed E-state index contributed by atoms with van der Waals surface area (Å²) in [5.74, 6) is -0.0430. The molecule has 0 heterocycles. The summed E-state index contributed by atoms with van der Waals surface area (Å²) in [7, 11) is 0. The van der Waals surface area contributed by atoms with Crippen molar-refractivity contribution in [3.63, 3.8) is 0 Å². The van der Waals surface area contributed by atoms with Gasteiger partial charge in [0.2, 0.25) is 5.91 Å². The summed E-state index contributed by atoms with van der Waals surface area (Å²) in [6.45, 7) is 4.96. The van der Waals surface area contributed by atoms with Crippen molar-refractivity contribution in [2.45, 2.75) is 39.2 Å². The molecular formula is C11H20N2O2S. The molecule has 0 aromatic carbocycles. The molecule has 1 aliphatic rings. The number of thiocarbonyl (C=S) groups is 1. The molecule has 0 aromatic rings. The fourth-order valence-corrected chi connectivity index (χ4v) is 2.04. The van der Waals surface area contributed by atoms with Crippen LogP contribution in [0, 0.1) is 5.41 Å². The van der Waals surface area contributed by atoms with Crippen molar-refractivity contribution in [1.29, 1.82) is 0 Å². The maximum absolute atomic E-state index is 11.9. The summed E-state index contributed by atoms with van der Waals surface area (Å²) in [6.07, 6.45) is 2.76. The first-order valence-corrected chi connectivity index (χ1v) is 6.09. The number of carbonyl (C=O) groups excluding carboxylic acids is 1. The van der Waals surface area contributed by atoms with Crippen molar-refractivity contribution in [2.75, 3.05) is 13.2 Å². The van der Waals surface area contributed by atoms with Crippen molar-refractivity contribution >= 4 is 23.1 Å². The Hall–Kier alpha value is -0.680. The molecule has 92 valence electrons. The lowest BCUT2D eigenvalue weighted by Crippen LogP contribution is -2.53. The van der Waals surface area contributed by atoms with Gasteiger partial charge in [-0.25, -0.2) is 0 Å². The minimum Gasteiger partial charge on any atom is -0.392 e. The van der Waals surface area contributed by atoms with Gasteiger partial charge in [0.15, 0.2) is 0 Å². The van der Waals surface area contributed by atoms with Crippen molar-refractivity contribution < 1.29 is 9.53 Å². The zero-order chi connectivity index (χ0) is 12.2. The molecule has 4 nitrogen and oxygen atoms in total. The molecule has 0 saturated heterocycles. The number of hydrogen-bond acceptors (Lipinski definition) is 3. The Kier molecular flexibility index (Phi) is 4.68. The van der Waals surface area contributed by atoms with Crippen molar-refractivity contribution in [2.24, 2.45) is 11.1 Å². The summed E-state index contributed by atoms with van der Waals surface area (Å²) in [5, 5.41) is 2.83. The van der Waals surface area contributed by atoms with E-state index in [9.17, 15) is 4.79 Å². The van der Waals surface area contributed by atoms with Crippen LogP contribution in [0.5, 0.6) is 0 Å². The Balaban J connectivity index is 2.31. The van der Waals surface area contributed by atoms with Gasteiger partial charge in [-0.15, -0.1) is 0 Å². The number of hydrogen-bond donors (Lipinski definition) is 2. The number of amides is 1. The predicted molar refractivity (Wildman–Crippen MR) is 67.2 cm³/mol. The third kappa shape index (κ3) is 2.92. The molecule has 0 bridgehead atoms. The minimum absolute atomic E-state index is 0.0430. The summed E-state index contributed by atoms with van der Waals surface area (Å²) in [5.41, 5.74) is 5.05. The van der Waals surface area contributed by atoms with E-state index in [2.05, 4.69) is 5.32 Å². The van der Waals surface area contributed by atoms with Gasteiger partial charge in [-0.1, -0.05) is 18.6 Å². The Morgan fingerprint density at radius 1 is 1.56 bits per heavy atom. The number of carbonyl (C=O) groups is 1. The average molecular weight is 244 g/mol. The smallest absolute Gasteiger partial charge is 0.233 e. The first-order chi connectivity index (χ1) is 7.49. The van der Waals surface area contributed by atoms with Gasteiger partial charge in [-0.3, -0.25) is 4.79 Å². The van der Waals surface area contributed by atoms with Crippen LogP contribution < -0.4 is 11.1 Å². The fraction of sp³-hybridized carbons (Fsp3) is 0.818. The van der Waals surface area contributed by atoms with Crippen LogP contribution in [0.4, 0.5) is 0 Å². The van der Waals surface area contributed by atoms with Crippen LogP contribution >= 0.6 is 12.2 Å². The number of ether oxygens (including phenoxy) is 1. The lowest BCUT2D eigenvalue weighted by Gasteiger charge is -2.39. The molecule has 1 rings (SSSR count). The van der Waals surface area contributed by atoms with Crippen LogP contribution in [-0.2, 0) is 9.53 Å². The first-order valence-electron chi connectivity index (χ1n) is 5.69. The molecule has 1 amide bonds. The molecule has 0 unspecified atom stereocenters. The minimum atomic E-state index is -0.576. The zero-order valence-corrected chi connectivity index (χ0v) is 10.7. The van der Waals surface area contributed by atoms with Crippen LogP contribution in [0.1, 0.15) is 33.1 Å². The van der Waals surface area contributed by atoms with Gasteiger partial charge < -0.3 is 15.8 Å². The van der Waals surface area contributed by atoms with Crippen LogP contribution in [0.2, 0.25) is 0 Å². The third-order valence-electron chi connectivity index (χ3n) is 2.95. The molecule has 0 spiro atoms. The Morgan fingerprint density at radius 3 is 2.56 bits per heavy atom. The van der Waals surface area contributed by atoms with Crippen LogP contribution in [0.15, 0.2) is 0 Å². The van der Waals surface area contributed by atoms with E-state index >= 15 is 0 Å². The van der Waals surface area contributed by atoms with Crippen molar-refractivity contribution in [3.05, 3.63) is 0 Å². The zero-order valence-electron chi connectivity index (χ0n) is 9.91. The Bertz CT molecular complexity index is 275. The molecule has 1 saturated carbocycles. The molecule has 5 heteroatoms. The highest BCUT2D eigenvalue weighted by Crippen LogP contribution is 2.41. The quantitative estimate of drug-likeness (QED) is 0.540. The second-order valence-electron chi connectivity index (χ2n) is 4.48. The largest absolute Gasteiger partial charge is 0.392 e. The van der Waals surface area contributed by atoms with E-state index in [4.69, 9.17) is 22.7 Å².